The highest BCUT2D eigenvalue weighted by Crippen LogP contribution is 2.39. The van der Waals surface area contributed by atoms with E-state index in [9.17, 15) is 0 Å². The van der Waals surface area contributed by atoms with Crippen molar-refractivity contribution in [3.05, 3.63) is 140 Å². The summed E-state index contributed by atoms with van der Waals surface area (Å²) in [5.41, 5.74) is 7.13. The second-order valence-corrected chi connectivity index (χ2v) is 11.0. The summed E-state index contributed by atoms with van der Waals surface area (Å²) in [5.74, 6) is 0. The van der Waals surface area contributed by atoms with E-state index in [1.54, 1.807) is 11.3 Å². The molecule has 1 aromatic heterocycles. The van der Waals surface area contributed by atoms with Gasteiger partial charge in [0.25, 0.3) is 0 Å². The minimum Gasteiger partial charge on any atom is -0.236 e. The van der Waals surface area contributed by atoms with Crippen molar-refractivity contribution in [3.63, 3.8) is 0 Å². The molecule has 0 atom stereocenters. The van der Waals surface area contributed by atoms with Gasteiger partial charge in [0.2, 0.25) is 0 Å². The largest absolute Gasteiger partial charge is 0.236 e. The van der Waals surface area contributed by atoms with Crippen LogP contribution in [0.25, 0.3) is 75.4 Å². The maximum Gasteiger partial charge on any atom is 0.124 e. The summed E-state index contributed by atoms with van der Waals surface area (Å²) in [6.07, 6.45) is 0. The van der Waals surface area contributed by atoms with Gasteiger partial charge in [0.05, 0.1) is 10.2 Å². The second-order valence-electron chi connectivity index (χ2n) is 10.00. The fourth-order valence-electron chi connectivity index (χ4n) is 5.77. The van der Waals surface area contributed by atoms with Gasteiger partial charge in [0.15, 0.2) is 0 Å². The molecule has 1 heterocycles. The van der Waals surface area contributed by atoms with Gasteiger partial charge in [-0.15, -0.1) is 11.3 Å². The van der Waals surface area contributed by atoms with Crippen molar-refractivity contribution >= 4 is 53.9 Å². The first-order valence-corrected chi connectivity index (χ1v) is 14.0. The molecule has 0 fully saturated rings. The Labute approximate surface area is 230 Å². The summed E-state index contributed by atoms with van der Waals surface area (Å²) < 4.78 is 1.21. The third-order valence-electron chi connectivity index (χ3n) is 7.70. The maximum absolute atomic E-state index is 4.99. The van der Waals surface area contributed by atoms with Crippen LogP contribution in [0.3, 0.4) is 0 Å². The number of hydrogen-bond acceptors (Lipinski definition) is 2. The van der Waals surface area contributed by atoms with Crippen molar-refractivity contribution in [1.29, 1.82) is 0 Å². The van der Waals surface area contributed by atoms with Gasteiger partial charge in [-0.05, 0) is 72.8 Å². The molecule has 0 saturated carbocycles. The van der Waals surface area contributed by atoms with Crippen molar-refractivity contribution in [3.8, 4) is 32.8 Å². The van der Waals surface area contributed by atoms with Crippen molar-refractivity contribution < 1.29 is 0 Å². The normalized spacial score (nSPS) is 11.6. The van der Waals surface area contributed by atoms with E-state index in [0.717, 1.165) is 10.5 Å². The molecule has 0 radical (unpaired) electrons. The van der Waals surface area contributed by atoms with E-state index < -0.39 is 0 Å². The highest BCUT2D eigenvalue weighted by atomic mass is 32.1. The summed E-state index contributed by atoms with van der Waals surface area (Å²) >= 11 is 1.75. The van der Waals surface area contributed by atoms with Crippen molar-refractivity contribution in [2.45, 2.75) is 0 Å². The number of benzene rings is 7. The van der Waals surface area contributed by atoms with Crippen LogP contribution in [0.2, 0.25) is 0 Å². The summed E-state index contributed by atoms with van der Waals surface area (Å²) in [5, 5.41) is 8.71. The topological polar surface area (TPSA) is 12.9 Å². The summed E-state index contributed by atoms with van der Waals surface area (Å²) in [7, 11) is 0. The molecule has 0 aliphatic heterocycles. The standard InChI is InChI=1S/C37H23NS/c1-2-9-26(10-3-1)37-38-35-23-28(18-21-36(35)39-37)31-20-19-30(32-12-6-7-13-33(31)32)27-17-16-25-15-14-24-8-4-5-11-29(24)34(25)22-27/h1-23H. The Bertz CT molecular complexity index is 2170. The molecule has 182 valence electrons. The van der Waals surface area contributed by atoms with E-state index >= 15 is 0 Å². The Morgan fingerprint density at radius 2 is 1.00 bits per heavy atom. The smallest absolute Gasteiger partial charge is 0.124 e. The Kier molecular flexibility index (Phi) is 5.07. The van der Waals surface area contributed by atoms with Gasteiger partial charge in [0.1, 0.15) is 5.01 Å². The molecule has 8 rings (SSSR count). The lowest BCUT2D eigenvalue weighted by Crippen LogP contribution is -1.87. The summed E-state index contributed by atoms with van der Waals surface area (Å²) in [6.45, 7) is 0. The quantitative estimate of drug-likeness (QED) is 0.214. The summed E-state index contributed by atoms with van der Waals surface area (Å²) in [4.78, 5) is 4.99. The van der Waals surface area contributed by atoms with Gasteiger partial charge in [-0.25, -0.2) is 4.98 Å². The van der Waals surface area contributed by atoms with Crippen LogP contribution in [0.15, 0.2) is 140 Å². The average molecular weight is 514 g/mol. The lowest BCUT2D eigenvalue weighted by atomic mass is 9.90. The number of hydrogen-bond donors (Lipinski definition) is 0. The molecule has 0 unspecified atom stereocenters. The van der Waals surface area contributed by atoms with Crippen LogP contribution in [0.4, 0.5) is 0 Å². The van der Waals surface area contributed by atoms with Gasteiger partial charge >= 0.3 is 0 Å². The van der Waals surface area contributed by atoms with E-state index in [4.69, 9.17) is 4.98 Å². The van der Waals surface area contributed by atoms with Crippen LogP contribution in [-0.2, 0) is 0 Å². The zero-order valence-corrected chi connectivity index (χ0v) is 22.0. The van der Waals surface area contributed by atoms with Crippen LogP contribution >= 0.6 is 11.3 Å². The molecular weight excluding hydrogens is 490 g/mol. The second kappa shape index (κ2) is 8.90. The van der Waals surface area contributed by atoms with Crippen LogP contribution in [0.5, 0.6) is 0 Å². The molecule has 8 aromatic rings. The molecule has 7 aromatic carbocycles. The van der Waals surface area contributed by atoms with Gasteiger partial charge in [-0.1, -0.05) is 121 Å². The van der Waals surface area contributed by atoms with E-state index in [-0.39, 0.29) is 0 Å². The van der Waals surface area contributed by atoms with Crippen LogP contribution in [-0.4, -0.2) is 4.98 Å². The predicted octanol–water partition coefficient (Wildman–Crippen LogP) is 10.8. The first-order valence-electron chi connectivity index (χ1n) is 13.2. The third-order valence-corrected chi connectivity index (χ3v) is 8.79. The molecule has 1 nitrogen and oxygen atoms in total. The Morgan fingerprint density at radius 1 is 0.410 bits per heavy atom. The predicted molar refractivity (Wildman–Crippen MR) is 168 cm³/mol. The molecule has 0 aliphatic carbocycles. The fourth-order valence-corrected chi connectivity index (χ4v) is 6.72. The van der Waals surface area contributed by atoms with E-state index in [1.807, 2.05) is 6.07 Å². The molecule has 0 aliphatic rings. The average Bonchev–Trinajstić information content (AvgIpc) is 3.44. The molecule has 0 amide bonds. The lowest BCUT2D eigenvalue weighted by molar-refractivity contribution is 1.48. The van der Waals surface area contributed by atoms with Crippen molar-refractivity contribution in [1.82, 2.24) is 4.98 Å². The fraction of sp³-hybridized carbons (Fsp3) is 0. The van der Waals surface area contributed by atoms with Gasteiger partial charge in [-0.3, -0.25) is 0 Å². The van der Waals surface area contributed by atoms with E-state index in [1.165, 1.54) is 64.8 Å². The van der Waals surface area contributed by atoms with Crippen LogP contribution < -0.4 is 0 Å². The maximum atomic E-state index is 4.99. The molecule has 0 N–H and O–H groups in total. The van der Waals surface area contributed by atoms with E-state index in [0.29, 0.717) is 0 Å². The lowest BCUT2D eigenvalue weighted by Gasteiger charge is -2.13. The zero-order valence-electron chi connectivity index (χ0n) is 21.1. The Hall–Kier alpha value is -4.79. The van der Waals surface area contributed by atoms with Gasteiger partial charge in [-0.2, -0.15) is 0 Å². The third kappa shape index (κ3) is 3.72. The highest BCUT2D eigenvalue weighted by molar-refractivity contribution is 7.21. The monoisotopic (exact) mass is 513 g/mol. The number of rotatable bonds is 3. The van der Waals surface area contributed by atoms with Crippen LogP contribution in [0.1, 0.15) is 0 Å². The van der Waals surface area contributed by atoms with Crippen molar-refractivity contribution in [2.75, 3.05) is 0 Å². The number of fused-ring (bicyclic) bond motifs is 5. The Morgan fingerprint density at radius 3 is 1.77 bits per heavy atom. The first-order chi connectivity index (χ1) is 19.3. The molecule has 0 saturated heterocycles. The minimum absolute atomic E-state index is 1.05. The molecule has 0 bridgehead atoms. The molecule has 0 spiro atoms. The SMILES string of the molecule is c1ccc(-c2nc3cc(-c4ccc(-c5ccc6ccc7ccccc7c6c5)c5ccccc45)ccc3s2)cc1. The number of aromatic nitrogens is 1. The molecular formula is C37H23NS. The van der Waals surface area contributed by atoms with Crippen molar-refractivity contribution in [2.24, 2.45) is 0 Å². The first kappa shape index (κ1) is 22.2. The van der Waals surface area contributed by atoms with Gasteiger partial charge in [0, 0.05) is 5.56 Å². The number of nitrogens with zero attached hydrogens (tertiary/aromatic N) is 1. The minimum atomic E-state index is 1.05. The number of thiazole rings is 1. The molecule has 2 heteroatoms. The summed E-state index contributed by atoms with van der Waals surface area (Å²) in [6, 6.07) is 50.4. The highest BCUT2D eigenvalue weighted by Gasteiger charge is 2.13. The molecule has 39 heavy (non-hydrogen) atoms. The van der Waals surface area contributed by atoms with E-state index in [2.05, 4.69) is 133 Å². The van der Waals surface area contributed by atoms with Gasteiger partial charge < -0.3 is 0 Å². The van der Waals surface area contributed by atoms with Crippen LogP contribution in [0, 0.1) is 0 Å². The zero-order chi connectivity index (χ0) is 25.8. The Balaban J connectivity index is 1.28.